The fraction of sp³-hybridized carbons (Fsp3) is 0.600. The van der Waals surface area contributed by atoms with Gasteiger partial charge in [-0.25, -0.2) is 0 Å². The average molecular weight is 278 g/mol. The maximum atomic E-state index is 9.55. The highest BCUT2D eigenvalue weighted by molar-refractivity contribution is 6.45. The topological polar surface area (TPSA) is 55.7 Å². The van der Waals surface area contributed by atoms with Gasteiger partial charge in [-0.3, -0.25) is 4.90 Å². The minimum atomic E-state index is -0.589. The normalized spacial score (nSPS) is 22.2. The molecule has 2 rings (SSSR count). The minimum Gasteiger partial charge on any atom is -0.437 e. The summed E-state index contributed by atoms with van der Waals surface area (Å²) in [6.07, 6.45) is 0.862. The first kappa shape index (κ1) is 17.2. The second kappa shape index (κ2) is 8.42. The summed E-state index contributed by atoms with van der Waals surface area (Å²) in [5.74, 6) is 0. The molecule has 1 heterocycles. The van der Waals surface area contributed by atoms with Crippen LogP contribution >= 0.6 is 0 Å². The maximum Gasteiger partial charge on any atom is 0.374 e. The molecule has 1 unspecified atom stereocenters. The van der Waals surface area contributed by atoms with Crippen molar-refractivity contribution >= 4 is 7.05 Å². The second-order valence-corrected chi connectivity index (χ2v) is 5.21. The fourth-order valence-electron chi connectivity index (χ4n) is 2.67. The van der Waals surface area contributed by atoms with Crippen LogP contribution in [0.15, 0.2) is 30.3 Å². The van der Waals surface area contributed by atoms with E-state index in [9.17, 15) is 10.1 Å². The zero-order chi connectivity index (χ0) is 15.0. The van der Waals surface area contributed by atoms with Crippen LogP contribution in [0.3, 0.4) is 0 Å². The van der Waals surface area contributed by atoms with Gasteiger partial charge in [0.25, 0.3) is 0 Å². The molecular formula is C15H27BN2O2. The maximum absolute atomic E-state index is 9.55. The lowest BCUT2D eigenvalue weighted by Crippen LogP contribution is -2.55. The molecule has 5 heteroatoms. The fourth-order valence-corrected chi connectivity index (χ4v) is 2.67. The second-order valence-electron chi connectivity index (χ2n) is 5.21. The number of nitrogens with zero attached hydrogens (tertiary/aromatic N) is 1. The number of nitrogens with one attached hydrogen (secondary N) is 1. The van der Waals surface area contributed by atoms with Gasteiger partial charge in [0.2, 0.25) is 0 Å². The van der Waals surface area contributed by atoms with Gasteiger partial charge in [-0.1, -0.05) is 44.2 Å². The van der Waals surface area contributed by atoms with E-state index in [1.54, 1.807) is 6.82 Å². The monoisotopic (exact) mass is 278 g/mol. The lowest BCUT2D eigenvalue weighted by molar-refractivity contribution is 0.174. The number of rotatable bonds is 5. The minimum absolute atomic E-state index is 0.0587. The van der Waals surface area contributed by atoms with Crippen LogP contribution < -0.4 is 5.23 Å². The first-order valence-corrected chi connectivity index (χ1v) is 7.46. The molecule has 4 nitrogen and oxygen atoms in total. The molecule has 1 saturated heterocycles. The van der Waals surface area contributed by atoms with Crippen molar-refractivity contribution in [3.63, 3.8) is 0 Å². The number of likely N-dealkylation sites (tertiary alicyclic amines) is 1. The van der Waals surface area contributed by atoms with E-state index in [4.69, 9.17) is 0 Å². The van der Waals surface area contributed by atoms with Crippen molar-refractivity contribution in [2.45, 2.75) is 39.2 Å². The molecule has 0 amide bonds. The van der Waals surface area contributed by atoms with Gasteiger partial charge in [0, 0.05) is 25.2 Å². The molecule has 112 valence electrons. The van der Waals surface area contributed by atoms with Gasteiger partial charge in [0.05, 0.1) is 6.61 Å². The molecule has 1 aromatic rings. The standard InChI is InChI=1S/C13H21BN2O2.C2H6/c1-14(18)15-13(11-17)7-8-16(10-13)9-12-5-3-2-4-6-12;1-2/h2-6,15,17-18H,7-11H2,1H3;1-2H3. The van der Waals surface area contributed by atoms with E-state index in [2.05, 4.69) is 22.3 Å². The summed E-state index contributed by atoms with van der Waals surface area (Å²) in [5, 5.41) is 22.1. The summed E-state index contributed by atoms with van der Waals surface area (Å²) in [4.78, 5) is 2.31. The summed E-state index contributed by atoms with van der Waals surface area (Å²) in [6, 6.07) is 10.3. The van der Waals surface area contributed by atoms with Gasteiger partial charge >= 0.3 is 7.05 Å². The van der Waals surface area contributed by atoms with Crippen LogP contribution in [0.1, 0.15) is 25.8 Å². The third-order valence-corrected chi connectivity index (χ3v) is 3.50. The van der Waals surface area contributed by atoms with Gasteiger partial charge < -0.3 is 15.4 Å². The molecular weight excluding hydrogens is 251 g/mol. The van der Waals surface area contributed by atoms with Crippen molar-refractivity contribution < 1.29 is 10.1 Å². The van der Waals surface area contributed by atoms with Crippen LogP contribution in [0.25, 0.3) is 0 Å². The van der Waals surface area contributed by atoms with Crippen molar-refractivity contribution in [3.05, 3.63) is 35.9 Å². The van der Waals surface area contributed by atoms with Gasteiger partial charge in [0.15, 0.2) is 0 Å². The number of hydrogen-bond acceptors (Lipinski definition) is 4. The summed E-state index contributed by atoms with van der Waals surface area (Å²) >= 11 is 0. The predicted molar refractivity (Wildman–Crippen MR) is 84.5 cm³/mol. The Morgan fingerprint density at radius 1 is 1.30 bits per heavy atom. The van der Waals surface area contributed by atoms with Crippen LogP contribution in [-0.4, -0.2) is 47.3 Å². The van der Waals surface area contributed by atoms with E-state index in [1.165, 1.54) is 5.56 Å². The quantitative estimate of drug-likeness (QED) is 0.712. The highest BCUT2D eigenvalue weighted by atomic mass is 16.3. The SMILES string of the molecule is CB(O)NC1(CO)CCN(Cc2ccccc2)C1.CC. The van der Waals surface area contributed by atoms with Crippen LogP contribution in [0, 0.1) is 0 Å². The summed E-state index contributed by atoms with van der Waals surface area (Å²) < 4.78 is 0. The number of hydrogen-bond donors (Lipinski definition) is 3. The molecule has 0 bridgehead atoms. The van der Waals surface area contributed by atoms with Crippen LogP contribution in [0.4, 0.5) is 0 Å². The molecule has 1 atom stereocenters. The summed E-state index contributed by atoms with van der Waals surface area (Å²) in [6.45, 7) is 8.35. The summed E-state index contributed by atoms with van der Waals surface area (Å²) in [7, 11) is -0.589. The third-order valence-electron chi connectivity index (χ3n) is 3.50. The number of aliphatic hydroxyl groups is 1. The Balaban J connectivity index is 0.000000956. The first-order chi connectivity index (χ1) is 9.63. The van der Waals surface area contributed by atoms with E-state index in [0.29, 0.717) is 0 Å². The van der Waals surface area contributed by atoms with Crippen molar-refractivity contribution in [1.82, 2.24) is 10.1 Å². The van der Waals surface area contributed by atoms with Crippen LogP contribution in [0.5, 0.6) is 0 Å². The highest BCUT2D eigenvalue weighted by Gasteiger charge is 2.38. The van der Waals surface area contributed by atoms with Gasteiger partial charge in [0.1, 0.15) is 0 Å². The lowest BCUT2D eigenvalue weighted by Gasteiger charge is -2.29. The van der Waals surface area contributed by atoms with Crippen LogP contribution in [-0.2, 0) is 6.54 Å². The smallest absolute Gasteiger partial charge is 0.374 e. The van der Waals surface area contributed by atoms with Crippen molar-refractivity contribution in [2.75, 3.05) is 19.7 Å². The molecule has 0 aromatic heterocycles. The van der Waals surface area contributed by atoms with Gasteiger partial charge in [-0.05, 0) is 18.8 Å². The molecule has 0 radical (unpaired) electrons. The molecule has 3 N–H and O–H groups in total. The van der Waals surface area contributed by atoms with Crippen molar-refractivity contribution in [1.29, 1.82) is 0 Å². The molecule has 1 fully saturated rings. The van der Waals surface area contributed by atoms with E-state index in [-0.39, 0.29) is 12.1 Å². The Morgan fingerprint density at radius 2 is 1.95 bits per heavy atom. The molecule has 1 aliphatic rings. The van der Waals surface area contributed by atoms with Gasteiger partial charge in [-0.15, -0.1) is 0 Å². The predicted octanol–water partition coefficient (Wildman–Crippen LogP) is 1.35. The van der Waals surface area contributed by atoms with E-state index in [1.807, 2.05) is 32.0 Å². The Morgan fingerprint density at radius 3 is 2.50 bits per heavy atom. The Hall–Kier alpha value is -0.875. The van der Waals surface area contributed by atoms with E-state index < -0.39 is 7.05 Å². The summed E-state index contributed by atoms with van der Waals surface area (Å²) in [5.41, 5.74) is 0.923. The van der Waals surface area contributed by atoms with Crippen LogP contribution in [0.2, 0.25) is 6.82 Å². The molecule has 20 heavy (non-hydrogen) atoms. The van der Waals surface area contributed by atoms with Gasteiger partial charge in [-0.2, -0.15) is 0 Å². The largest absolute Gasteiger partial charge is 0.437 e. The van der Waals surface area contributed by atoms with E-state index >= 15 is 0 Å². The number of aliphatic hydroxyl groups excluding tert-OH is 1. The molecule has 0 saturated carbocycles. The van der Waals surface area contributed by atoms with Crippen molar-refractivity contribution in [3.8, 4) is 0 Å². The molecule has 1 aliphatic heterocycles. The molecule has 1 aromatic carbocycles. The molecule has 0 aliphatic carbocycles. The first-order valence-electron chi connectivity index (χ1n) is 7.46. The number of benzene rings is 1. The third kappa shape index (κ3) is 4.91. The van der Waals surface area contributed by atoms with E-state index in [0.717, 1.165) is 26.1 Å². The van der Waals surface area contributed by atoms with Crippen molar-refractivity contribution in [2.24, 2.45) is 0 Å². The average Bonchev–Trinajstić information content (AvgIpc) is 2.85. The highest BCUT2D eigenvalue weighted by Crippen LogP contribution is 2.22. The Labute approximate surface area is 122 Å². The Kier molecular flexibility index (Phi) is 7.23. The zero-order valence-corrected chi connectivity index (χ0v) is 12.8. The Bertz CT molecular complexity index is 375. The zero-order valence-electron chi connectivity index (χ0n) is 12.8. The molecule has 0 spiro atoms. The lowest BCUT2D eigenvalue weighted by atomic mass is 9.82.